The molecule has 0 heterocycles. The first kappa shape index (κ1) is 20.8. The molecule has 0 aromatic heterocycles. The van der Waals surface area contributed by atoms with E-state index in [1.54, 1.807) is 11.4 Å². The highest BCUT2D eigenvalue weighted by Gasteiger charge is 2.41. The number of carbonyl (C=O) groups excluding carboxylic acids is 1. The molecule has 10 heteroatoms. The van der Waals surface area contributed by atoms with Gasteiger partial charge < -0.3 is 5.32 Å². The van der Waals surface area contributed by atoms with Crippen molar-refractivity contribution in [3.63, 3.8) is 0 Å². The molecule has 0 aliphatic heterocycles. The average molecular weight is 404 g/mol. The van der Waals surface area contributed by atoms with Gasteiger partial charge in [0.15, 0.2) is 6.04 Å². The van der Waals surface area contributed by atoms with Crippen molar-refractivity contribution in [1.82, 2.24) is 10.0 Å². The van der Waals surface area contributed by atoms with Crippen LogP contribution in [0, 0.1) is 5.82 Å². The Morgan fingerprint density at radius 1 is 1.00 bits per heavy atom. The summed E-state index contributed by atoms with van der Waals surface area (Å²) in [4.78, 5) is 11.8. The number of amides is 1. The zero-order valence-corrected chi connectivity index (χ0v) is 14.6. The van der Waals surface area contributed by atoms with Crippen LogP contribution >= 0.6 is 0 Å². The minimum absolute atomic E-state index is 0.0233. The first-order chi connectivity index (χ1) is 12.6. The maximum Gasteiger partial charge on any atom is 0.412 e. The van der Waals surface area contributed by atoms with Crippen LogP contribution in [0.3, 0.4) is 0 Å². The van der Waals surface area contributed by atoms with Crippen molar-refractivity contribution < 1.29 is 30.8 Å². The van der Waals surface area contributed by atoms with Crippen molar-refractivity contribution in [2.45, 2.75) is 23.5 Å². The second kappa shape index (κ2) is 8.49. The molecular formula is C17H16F4N2O3S. The van der Waals surface area contributed by atoms with Crippen LogP contribution < -0.4 is 10.0 Å². The number of benzene rings is 2. The zero-order valence-electron chi connectivity index (χ0n) is 13.8. The lowest BCUT2D eigenvalue weighted by Crippen LogP contribution is -2.39. The number of halogens is 4. The Labute approximate surface area is 153 Å². The Morgan fingerprint density at radius 2 is 1.59 bits per heavy atom. The molecule has 0 radical (unpaired) electrons. The van der Waals surface area contributed by atoms with Gasteiger partial charge >= 0.3 is 6.18 Å². The first-order valence-corrected chi connectivity index (χ1v) is 9.24. The third kappa shape index (κ3) is 6.04. The van der Waals surface area contributed by atoms with E-state index in [2.05, 4.69) is 4.72 Å². The Bertz CT molecular complexity index is 869. The fourth-order valence-electron chi connectivity index (χ4n) is 2.22. The van der Waals surface area contributed by atoms with E-state index in [4.69, 9.17) is 0 Å². The van der Waals surface area contributed by atoms with E-state index in [0.29, 0.717) is 0 Å². The SMILES string of the molecule is O=C(CCNS(=O)(=O)c1ccccc1)NC(c1ccc(F)cc1)C(F)(F)F. The quantitative estimate of drug-likeness (QED) is 0.697. The van der Waals surface area contributed by atoms with Gasteiger partial charge in [0.1, 0.15) is 5.82 Å². The normalized spacial score (nSPS) is 13.2. The van der Waals surface area contributed by atoms with Gasteiger partial charge in [-0.2, -0.15) is 13.2 Å². The molecular weight excluding hydrogens is 388 g/mol. The van der Waals surface area contributed by atoms with Gasteiger partial charge in [0.05, 0.1) is 4.90 Å². The van der Waals surface area contributed by atoms with E-state index < -0.39 is 40.4 Å². The average Bonchev–Trinajstić information content (AvgIpc) is 2.60. The maximum atomic E-state index is 13.2. The molecule has 27 heavy (non-hydrogen) atoms. The molecule has 0 bridgehead atoms. The Balaban J connectivity index is 1.97. The fraction of sp³-hybridized carbons (Fsp3) is 0.235. The molecule has 2 aromatic carbocycles. The maximum absolute atomic E-state index is 13.2. The predicted octanol–water partition coefficient (Wildman–Crippen LogP) is 2.91. The zero-order chi connectivity index (χ0) is 20.1. The molecule has 1 atom stereocenters. The fourth-order valence-corrected chi connectivity index (χ4v) is 3.28. The Kier molecular flexibility index (Phi) is 6.55. The summed E-state index contributed by atoms with van der Waals surface area (Å²) >= 11 is 0. The van der Waals surface area contributed by atoms with E-state index in [9.17, 15) is 30.8 Å². The van der Waals surface area contributed by atoms with Crippen LogP contribution in [0.5, 0.6) is 0 Å². The smallest absolute Gasteiger partial charge is 0.341 e. The van der Waals surface area contributed by atoms with Gasteiger partial charge in [-0.3, -0.25) is 4.79 Å². The second-order valence-electron chi connectivity index (χ2n) is 5.55. The minimum atomic E-state index is -4.79. The third-order valence-electron chi connectivity index (χ3n) is 3.53. The summed E-state index contributed by atoms with van der Waals surface area (Å²) in [6.07, 6.45) is -5.29. The largest absolute Gasteiger partial charge is 0.412 e. The summed E-state index contributed by atoms with van der Waals surface area (Å²) in [6, 6.07) is 8.57. The van der Waals surface area contributed by atoms with Crippen molar-refractivity contribution in [2.75, 3.05) is 6.54 Å². The van der Waals surface area contributed by atoms with Gasteiger partial charge in [0.25, 0.3) is 0 Å². The lowest BCUT2D eigenvalue weighted by Gasteiger charge is -2.22. The second-order valence-corrected chi connectivity index (χ2v) is 7.32. The molecule has 0 fully saturated rings. The Hall–Kier alpha value is -2.46. The van der Waals surface area contributed by atoms with E-state index in [0.717, 1.165) is 24.3 Å². The summed E-state index contributed by atoms with van der Waals surface area (Å²) in [7, 11) is -3.86. The number of carbonyl (C=O) groups is 1. The molecule has 0 saturated carbocycles. The standard InChI is InChI=1S/C17H16F4N2O3S/c18-13-8-6-12(7-9-13)16(17(19,20)21)23-15(24)10-11-22-27(25,26)14-4-2-1-3-5-14/h1-9,16,22H,10-11H2,(H,23,24). The molecule has 0 aliphatic rings. The molecule has 0 saturated heterocycles. The highest BCUT2D eigenvalue weighted by atomic mass is 32.2. The molecule has 1 unspecified atom stereocenters. The van der Waals surface area contributed by atoms with Crippen molar-refractivity contribution in [1.29, 1.82) is 0 Å². The molecule has 2 N–H and O–H groups in total. The molecule has 2 rings (SSSR count). The highest BCUT2D eigenvalue weighted by Crippen LogP contribution is 2.32. The molecule has 146 valence electrons. The molecule has 0 spiro atoms. The van der Waals surface area contributed by atoms with Crippen LogP contribution in [0.1, 0.15) is 18.0 Å². The monoisotopic (exact) mass is 404 g/mol. The number of hydrogen-bond donors (Lipinski definition) is 2. The number of hydrogen-bond acceptors (Lipinski definition) is 3. The van der Waals surface area contributed by atoms with E-state index in [1.807, 2.05) is 0 Å². The van der Waals surface area contributed by atoms with E-state index >= 15 is 0 Å². The first-order valence-electron chi connectivity index (χ1n) is 7.76. The summed E-state index contributed by atoms with van der Waals surface area (Å²) in [5.74, 6) is -1.71. The third-order valence-corrected chi connectivity index (χ3v) is 5.01. The van der Waals surface area contributed by atoms with Crippen LogP contribution in [0.25, 0.3) is 0 Å². The summed E-state index contributed by atoms with van der Waals surface area (Å²) < 4.78 is 78.6. The van der Waals surface area contributed by atoms with Crippen molar-refractivity contribution in [2.24, 2.45) is 0 Å². The van der Waals surface area contributed by atoms with Crippen LogP contribution in [0.15, 0.2) is 59.5 Å². The molecule has 5 nitrogen and oxygen atoms in total. The molecule has 0 aliphatic carbocycles. The summed E-state index contributed by atoms with van der Waals surface area (Å²) in [6.45, 7) is -0.378. The van der Waals surface area contributed by atoms with E-state index in [1.165, 1.54) is 24.3 Å². The van der Waals surface area contributed by atoms with Crippen LogP contribution in [0.2, 0.25) is 0 Å². The van der Waals surface area contributed by atoms with Gasteiger partial charge in [-0.15, -0.1) is 0 Å². The number of alkyl halides is 3. The van der Waals surface area contributed by atoms with Crippen LogP contribution in [0.4, 0.5) is 17.6 Å². The van der Waals surface area contributed by atoms with Gasteiger partial charge in [0.2, 0.25) is 15.9 Å². The van der Waals surface area contributed by atoms with Gasteiger partial charge in [-0.05, 0) is 29.8 Å². The number of sulfonamides is 1. The van der Waals surface area contributed by atoms with Crippen molar-refractivity contribution in [3.05, 3.63) is 66.0 Å². The van der Waals surface area contributed by atoms with Crippen molar-refractivity contribution in [3.8, 4) is 0 Å². The molecule has 2 aromatic rings. The van der Waals surface area contributed by atoms with Crippen molar-refractivity contribution >= 4 is 15.9 Å². The van der Waals surface area contributed by atoms with Gasteiger partial charge in [0, 0.05) is 13.0 Å². The summed E-state index contributed by atoms with van der Waals surface area (Å²) in [5.41, 5.74) is -0.331. The lowest BCUT2D eigenvalue weighted by atomic mass is 10.1. The lowest BCUT2D eigenvalue weighted by molar-refractivity contribution is -0.163. The van der Waals surface area contributed by atoms with Crippen LogP contribution in [-0.2, 0) is 14.8 Å². The topological polar surface area (TPSA) is 75.3 Å². The van der Waals surface area contributed by atoms with E-state index in [-0.39, 0.29) is 17.0 Å². The van der Waals surface area contributed by atoms with Gasteiger partial charge in [-0.1, -0.05) is 30.3 Å². The van der Waals surface area contributed by atoms with Crippen LogP contribution in [-0.4, -0.2) is 27.0 Å². The minimum Gasteiger partial charge on any atom is -0.341 e. The Morgan fingerprint density at radius 3 is 2.15 bits per heavy atom. The summed E-state index contributed by atoms with van der Waals surface area (Å²) in [5, 5.41) is 1.80. The molecule has 1 amide bonds. The highest BCUT2D eigenvalue weighted by molar-refractivity contribution is 7.89. The number of rotatable bonds is 7. The predicted molar refractivity (Wildman–Crippen MR) is 89.6 cm³/mol. The number of nitrogens with one attached hydrogen (secondary N) is 2. The van der Waals surface area contributed by atoms with Gasteiger partial charge in [-0.25, -0.2) is 17.5 Å².